The minimum atomic E-state index is -0.326. The molecule has 1 N–H and O–H groups in total. The maximum atomic E-state index is 12.6. The molecule has 1 fully saturated rings. The van der Waals surface area contributed by atoms with E-state index in [2.05, 4.69) is 38.2 Å². The van der Waals surface area contributed by atoms with E-state index in [4.69, 9.17) is 4.74 Å². The highest BCUT2D eigenvalue weighted by molar-refractivity contribution is 6.00. The lowest BCUT2D eigenvalue weighted by molar-refractivity contribution is -0.126. The molecule has 1 saturated heterocycles. The van der Waals surface area contributed by atoms with Crippen LogP contribution in [0.1, 0.15) is 50.7 Å². The summed E-state index contributed by atoms with van der Waals surface area (Å²) in [5.41, 5.74) is 3.15. The number of carbonyl (C=O) groups excluding carboxylic acids is 2. The third-order valence-electron chi connectivity index (χ3n) is 5.23. The van der Waals surface area contributed by atoms with Gasteiger partial charge in [-0.05, 0) is 47.7 Å². The predicted octanol–water partition coefficient (Wildman–Crippen LogP) is 4.27. The summed E-state index contributed by atoms with van der Waals surface area (Å²) in [4.78, 5) is 26.7. The molecule has 154 valence electrons. The van der Waals surface area contributed by atoms with Crippen LogP contribution in [-0.4, -0.2) is 25.0 Å². The topological polar surface area (TPSA) is 58.6 Å². The molecule has 0 spiro atoms. The average molecular weight is 395 g/mol. The van der Waals surface area contributed by atoms with E-state index in [1.54, 1.807) is 4.90 Å². The average Bonchev–Trinajstić information content (AvgIpc) is 3.13. The van der Waals surface area contributed by atoms with Gasteiger partial charge < -0.3 is 15.0 Å². The van der Waals surface area contributed by atoms with Crippen LogP contribution in [0.5, 0.6) is 5.75 Å². The van der Waals surface area contributed by atoms with Gasteiger partial charge in [-0.3, -0.25) is 9.59 Å². The van der Waals surface area contributed by atoms with Gasteiger partial charge in [-0.2, -0.15) is 0 Å². The van der Waals surface area contributed by atoms with Gasteiger partial charge >= 0.3 is 0 Å². The third-order valence-corrected chi connectivity index (χ3v) is 5.23. The number of amides is 2. The monoisotopic (exact) mass is 394 g/mol. The van der Waals surface area contributed by atoms with Crippen LogP contribution in [0.4, 0.5) is 5.69 Å². The zero-order chi connectivity index (χ0) is 20.8. The fraction of sp³-hybridized carbons (Fsp3) is 0.417. The smallest absolute Gasteiger partial charge is 0.227 e. The Labute approximate surface area is 173 Å². The van der Waals surface area contributed by atoms with Crippen molar-refractivity contribution in [2.24, 2.45) is 5.92 Å². The van der Waals surface area contributed by atoms with Crippen molar-refractivity contribution in [2.75, 3.05) is 18.1 Å². The summed E-state index contributed by atoms with van der Waals surface area (Å²) in [5.74, 6) is 0.861. The molecule has 0 unspecified atom stereocenters. The highest BCUT2D eigenvalue weighted by atomic mass is 16.5. The predicted molar refractivity (Wildman–Crippen MR) is 115 cm³/mol. The summed E-state index contributed by atoms with van der Waals surface area (Å²) in [6.45, 7) is 7.93. The Balaban J connectivity index is 1.54. The largest absolute Gasteiger partial charge is 0.494 e. The van der Waals surface area contributed by atoms with Crippen LogP contribution in [0.25, 0.3) is 0 Å². The van der Waals surface area contributed by atoms with Crippen molar-refractivity contribution in [3.8, 4) is 5.75 Å². The Morgan fingerprint density at radius 2 is 1.83 bits per heavy atom. The molecule has 5 heteroatoms. The molecule has 5 nitrogen and oxygen atoms in total. The Morgan fingerprint density at radius 3 is 2.45 bits per heavy atom. The molecule has 0 aromatic heterocycles. The van der Waals surface area contributed by atoms with Crippen LogP contribution >= 0.6 is 0 Å². The second kappa shape index (κ2) is 9.59. The summed E-state index contributed by atoms with van der Waals surface area (Å²) in [7, 11) is 0. The van der Waals surface area contributed by atoms with Crippen LogP contribution in [0.3, 0.4) is 0 Å². The molecule has 29 heavy (non-hydrogen) atoms. The van der Waals surface area contributed by atoms with Gasteiger partial charge in [-0.1, -0.05) is 45.0 Å². The molecule has 0 saturated carbocycles. The fourth-order valence-corrected chi connectivity index (χ4v) is 3.43. The van der Waals surface area contributed by atoms with Crippen LogP contribution in [-0.2, 0) is 16.1 Å². The van der Waals surface area contributed by atoms with Crippen molar-refractivity contribution in [3.63, 3.8) is 0 Å². The standard InChI is InChI=1S/C24H30N2O3/c1-4-13-29-22-11-9-21(10-12-22)26-16-20(14-23(26)27)24(28)25-15-18-5-7-19(8-6-18)17(2)3/h5-12,17,20H,4,13-16H2,1-3H3,(H,25,28)/t20-/m1/s1. The molecule has 2 amide bonds. The Morgan fingerprint density at radius 1 is 1.14 bits per heavy atom. The Kier molecular flexibility index (Phi) is 6.91. The van der Waals surface area contributed by atoms with Crippen molar-refractivity contribution >= 4 is 17.5 Å². The lowest BCUT2D eigenvalue weighted by Crippen LogP contribution is -2.32. The molecule has 1 aliphatic rings. The first-order valence-corrected chi connectivity index (χ1v) is 10.4. The molecule has 0 bridgehead atoms. The van der Waals surface area contributed by atoms with Crippen molar-refractivity contribution in [1.82, 2.24) is 5.32 Å². The molecule has 3 rings (SSSR count). The molecule has 1 aliphatic heterocycles. The number of benzene rings is 2. The number of ether oxygens (including phenoxy) is 1. The minimum absolute atomic E-state index is 0.0198. The van der Waals surface area contributed by atoms with Crippen molar-refractivity contribution in [2.45, 2.75) is 46.1 Å². The highest BCUT2D eigenvalue weighted by Gasteiger charge is 2.35. The summed E-state index contributed by atoms with van der Waals surface area (Å²) in [6.07, 6.45) is 1.19. The first-order valence-electron chi connectivity index (χ1n) is 10.4. The number of hydrogen-bond acceptors (Lipinski definition) is 3. The summed E-state index contributed by atoms with van der Waals surface area (Å²) in [5, 5.41) is 2.98. The quantitative estimate of drug-likeness (QED) is 0.727. The SMILES string of the molecule is CCCOc1ccc(N2C[C@H](C(=O)NCc3ccc(C(C)C)cc3)CC2=O)cc1. The molecular formula is C24H30N2O3. The number of nitrogens with zero attached hydrogens (tertiary/aromatic N) is 1. The summed E-state index contributed by atoms with van der Waals surface area (Å²) >= 11 is 0. The first kappa shape index (κ1) is 20.9. The number of nitrogens with one attached hydrogen (secondary N) is 1. The highest BCUT2D eigenvalue weighted by Crippen LogP contribution is 2.27. The van der Waals surface area contributed by atoms with E-state index in [0.29, 0.717) is 25.6 Å². The number of anilines is 1. The second-order valence-electron chi connectivity index (χ2n) is 7.86. The van der Waals surface area contributed by atoms with Gasteiger partial charge in [0.25, 0.3) is 0 Å². The van der Waals surface area contributed by atoms with Crippen molar-refractivity contribution < 1.29 is 14.3 Å². The number of carbonyl (C=O) groups is 2. The molecule has 2 aromatic rings. The van der Waals surface area contributed by atoms with Crippen LogP contribution in [0, 0.1) is 5.92 Å². The van der Waals surface area contributed by atoms with E-state index in [0.717, 1.165) is 23.4 Å². The van der Waals surface area contributed by atoms with E-state index in [-0.39, 0.29) is 24.2 Å². The maximum Gasteiger partial charge on any atom is 0.227 e. The van der Waals surface area contributed by atoms with Gasteiger partial charge in [-0.25, -0.2) is 0 Å². The van der Waals surface area contributed by atoms with Crippen LogP contribution in [0.15, 0.2) is 48.5 Å². The van der Waals surface area contributed by atoms with E-state index in [1.807, 2.05) is 36.4 Å². The van der Waals surface area contributed by atoms with Gasteiger partial charge in [0.1, 0.15) is 5.75 Å². The molecule has 0 aliphatic carbocycles. The molecule has 1 atom stereocenters. The number of hydrogen-bond donors (Lipinski definition) is 1. The van der Waals surface area contributed by atoms with Gasteiger partial charge in [0.05, 0.1) is 12.5 Å². The van der Waals surface area contributed by atoms with E-state index in [9.17, 15) is 9.59 Å². The Bertz CT molecular complexity index is 828. The lowest BCUT2D eigenvalue weighted by Gasteiger charge is -2.17. The maximum absolute atomic E-state index is 12.6. The second-order valence-corrected chi connectivity index (χ2v) is 7.86. The lowest BCUT2D eigenvalue weighted by atomic mass is 10.0. The fourth-order valence-electron chi connectivity index (χ4n) is 3.43. The van der Waals surface area contributed by atoms with Crippen LogP contribution in [0.2, 0.25) is 0 Å². The van der Waals surface area contributed by atoms with Crippen LogP contribution < -0.4 is 15.0 Å². The third kappa shape index (κ3) is 5.37. The molecule has 1 heterocycles. The normalized spacial score (nSPS) is 16.3. The van der Waals surface area contributed by atoms with Crippen molar-refractivity contribution in [1.29, 1.82) is 0 Å². The van der Waals surface area contributed by atoms with Gasteiger partial charge in [0.2, 0.25) is 11.8 Å². The minimum Gasteiger partial charge on any atom is -0.494 e. The molecular weight excluding hydrogens is 364 g/mol. The zero-order valence-electron chi connectivity index (χ0n) is 17.5. The zero-order valence-corrected chi connectivity index (χ0v) is 17.5. The van der Waals surface area contributed by atoms with Gasteiger partial charge in [0, 0.05) is 25.2 Å². The van der Waals surface area contributed by atoms with Crippen molar-refractivity contribution in [3.05, 3.63) is 59.7 Å². The molecule has 0 radical (unpaired) electrons. The van der Waals surface area contributed by atoms with E-state index in [1.165, 1.54) is 5.56 Å². The first-order chi connectivity index (χ1) is 14.0. The molecule has 2 aromatic carbocycles. The van der Waals surface area contributed by atoms with Gasteiger partial charge in [-0.15, -0.1) is 0 Å². The van der Waals surface area contributed by atoms with E-state index >= 15 is 0 Å². The summed E-state index contributed by atoms with van der Waals surface area (Å²) < 4.78 is 5.59. The summed E-state index contributed by atoms with van der Waals surface area (Å²) in [6, 6.07) is 15.8. The van der Waals surface area contributed by atoms with Gasteiger partial charge in [0.15, 0.2) is 0 Å². The van der Waals surface area contributed by atoms with E-state index < -0.39 is 0 Å². The number of rotatable bonds is 8. The Hall–Kier alpha value is -2.82.